The van der Waals surface area contributed by atoms with Gasteiger partial charge in [-0.1, -0.05) is 28.7 Å². The third-order valence-electron chi connectivity index (χ3n) is 2.32. The first-order chi connectivity index (χ1) is 6.45. The highest BCUT2D eigenvalue weighted by Gasteiger charge is 2.36. The maximum absolute atomic E-state index is 10.9. The fourth-order valence-electron chi connectivity index (χ4n) is 1.42. The Kier molecular flexibility index (Phi) is 11.6. The highest BCUT2D eigenvalue weighted by atomic mass is 16.5. The molecule has 0 saturated heterocycles. The van der Waals surface area contributed by atoms with Crippen molar-refractivity contribution in [2.24, 2.45) is 11.8 Å². The van der Waals surface area contributed by atoms with E-state index in [1.54, 1.807) is 6.92 Å². The van der Waals surface area contributed by atoms with Crippen LogP contribution in [0.5, 0.6) is 0 Å². The zero-order valence-electron chi connectivity index (χ0n) is 8.56. The van der Waals surface area contributed by atoms with Crippen LogP contribution in [0.25, 0.3) is 0 Å². The number of carboxylic acids is 2. The van der Waals surface area contributed by atoms with Crippen molar-refractivity contribution in [3.63, 3.8) is 0 Å². The number of aliphatic carboxylic acids is 2. The molecule has 0 amide bonds. The minimum absolute atomic E-state index is 0. The van der Waals surface area contributed by atoms with E-state index in [1.165, 1.54) is 14.0 Å². The number of hydrogen-bond donors (Lipinski definition) is 2. The molecule has 0 aliphatic heterocycles. The maximum atomic E-state index is 10.9. The Hall–Kier alpha value is -1.10. The van der Waals surface area contributed by atoms with E-state index in [2.05, 4.69) is 0 Å². The Morgan fingerprint density at radius 2 is 1.62 bits per heavy atom. The number of rotatable bonds is 6. The van der Waals surface area contributed by atoms with E-state index in [9.17, 15) is 9.59 Å². The van der Waals surface area contributed by atoms with Crippen LogP contribution in [0.3, 0.4) is 0 Å². The second-order valence-electron chi connectivity index (χ2n) is 3.17. The first-order valence-corrected chi connectivity index (χ1v) is 4.44. The lowest BCUT2D eigenvalue weighted by Crippen LogP contribution is -2.37. The normalized spacial score (nSPS) is 14.9. The van der Waals surface area contributed by atoms with Crippen LogP contribution in [-0.4, -0.2) is 35.4 Å². The van der Waals surface area contributed by atoms with Gasteiger partial charge in [-0.2, -0.15) is 0 Å². The molecule has 0 radical (unpaired) electrons. The summed E-state index contributed by atoms with van der Waals surface area (Å²) in [6.45, 7) is 3.14. The first-order valence-electron chi connectivity index (χ1n) is 4.44. The van der Waals surface area contributed by atoms with Crippen molar-refractivity contribution in [3.8, 4) is 0 Å². The number of hydrogen-bond acceptors (Lipinski definition) is 3. The van der Waals surface area contributed by atoms with E-state index in [0.717, 1.165) is 0 Å². The highest BCUT2D eigenvalue weighted by molar-refractivity contribution is 5.80. The van der Waals surface area contributed by atoms with E-state index in [-0.39, 0.29) is 14.9 Å². The number of carboxylic acid groups (broad SMARTS) is 2. The SMILES string of the molecule is C.C.CCC(OC)C(C(=O)O)C(C)C(=O)O. The Labute approximate surface area is 97.4 Å². The van der Waals surface area contributed by atoms with Gasteiger partial charge in [0.25, 0.3) is 0 Å². The van der Waals surface area contributed by atoms with E-state index in [4.69, 9.17) is 14.9 Å². The summed E-state index contributed by atoms with van der Waals surface area (Å²) in [6, 6.07) is 0. The third kappa shape index (κ3) is 5.11. The smallest absolute Gasteiger partial charge is 0.310 e. The fraction of sp³-hybridized carbons (Fsp3) is 0.818. The van der Waals surface area contributed by atoms with Crippen LogP contribution < -0.4 is 0 Å². The number of methoxy groups -OCH3 is 1. The topological polar surface area (TPSA) is 83.8 Å². The second kappa shape index (κ2) is 9.15. The predicted molar refractivity (Wildman–Crippen MR) is 62.5 cm³/mol. The summed E-state index contributed by atoms with van der Waals surface area (Å²) in [5.74, 6) is -4.19. The van der Waals surface area contributed by atoms with Crippen LogP contribution in [0.1, 0.15) is 35.1 Å². The molecule has 0 saturated carbocycles. The second-order valence-corrected chi connectivity index (χ2v) is 3.17. The summed E-state index contributed by atoms with van der Waals surface area (Å²) in [7, 11) is 1.39. The summed E-state index contributed by atoms with van der Waals surface area (Å²) in [4.78, 5) is 21.5. The molecule has 0 fully saturated rings. The molecule has 3 atom stereocenters. The molecule has 0 aromatic heterocycles. The monoisotopic (exact) mass is 236 g/mol. The Balaban J connectivity index is -0.000000845. The molecule has 0 rings (SSSR count). The highest BCUT2D eigenvalue weighted by Crippen LogP contribution is 2.21. The average molecular weight is 236 g/mol. The molecule has 5 heteroatoms. The molecule has 5 nitrogen and oxygen atoms in total. The quantitative estimate of drug-likeness (QED) is 0.737. The third-order valence-corrected chi connectivity index (χ3v) is 2.32. The molecular formula is C11H24O5. The van der Waals surface area contributed by atoms with Crippen molar-refractivity contribution in [3.05, 3.63) is 0 Å². The largest absolute Gasteiger partial charge is 0.481 e. The van der Waals surface area contributed by atoms with Gasteiger partial charge in [-0.25, -0.2) is 0 Å². The maximum Gasteiger partial charge on any atom is 0.310 e. The summed E-state index contributed by atoms with van der Waals surface area (Å²) in [5.41, 5.74) is 0. The van der Waals surface area contributed by atoms with Crippen LogP contribution in [-0.2, 0) is 14.3 Å². The summed E-state index contributed by atoms with van der Waals surface area (Å²) in [6.07, 6.45) is -0.0796. The lowest BCUT2D eigenvalue weighted by Gasteiger charge is -2.24. The molecule has 0 aliphatic carbocycles. The van der Waals surface area contributed by atoms with Crippen molar-refractivity contribution in [1.82, 2.24) is 0 Å². The van der Waals surface area contributed by atoms with E-state index in [0.29, 0.717) is 6.42 Å². The van der Waals surface area contributed by atoms with Crippen molar-refractivity contribution in [1.29, 1.82) is 0 Å². The van der Waals surface area contributed by atoms with Crippen molar-refractivity contribution < 1.29 is 24.5 Å². The van der Waals surface area contributed by atoms with Gasteiger partial charge in [-0.3, -0.25) is 9.59 Å². The summed E-state index contributed by atoms with van der Waals surface area (Å²) in [5, 5.41) is 17.6. The summed E-state index contributed by atoms with van der Waals surface area (Å²) < 4.78 is 4.95. The molecule has 0 heterocycles. The van der Waals surface area contributed by atoms with Gasteiger partial charge in [-0.15, -0.1) is 0 Å². The lowest BCUT2D eigenvalue weighted by molar-refractivity contribution is -0.159. The van der Waals surface area contributed by atoms with Gasteiger partial charge in [0.05, 0.1) is 17.9 Å². The van der Waals surface area contributed by atoms with Crippen LogP contribution in [0.2, 0.25) is 0 Å². The van der Waals surface area contributed by atoms with Crippen molar-refractivity contribution in [2.75, 3.05) is 7.11 Å². The van der Waals surface area contributed by atoms with Gasteiger partial charge in [0.15, 0.2) is 0 Å². The molecule has 0 spiro atoms. The Morgan fingerprint density at radius 3 is 1.81 bits per heavy atom. The van der Waals surface area contributed by atoms with Gasteiger partial charge < -0.3 is 14.9 Å². The fourth-order valence-corrected chi connectivity index (χ4v) is 1.42. The molecule has 0 aromatic carbocycles. The van der Waals surface area contributed by atoms with Crippen LogP contribution in [0, 0.1) is 11.8 Å². The molecule has 0 aromatic rings. The molecule has 16 heavy (non-hydrogen) atoms. The predicted octanol–water partition coefficient (Wildman–Crippen LogP) is 2.11. The molecule has 0 bridgehead atoms. The Morgan fingerprint density at radius 1 is 1.19 bits per heavy atom. The first kappa shape index (κ1) is 20.3. The van der Waals surface area contributed by atoms with E-state index in [1.807, 2.05) is 0 Å². The molecule has 98 valence electrons. The molecule has 0 aliphatic rings. The molecule has 3 unspecified atom stereocenters. The van der Waals surface area contributed by atoms with Crippen molar-refractivity contribution in [2.45, 2.75) is 41.2 Å². The van der Waals surface area contributed by atoms with Gasteiger partial charge in [-0.05, 0) is 6.42 Å². The van der Waals surface area contributed by atoms with E-state index >= 15 is 0 Å². The average Bonchev–Trinajstić information content (AvgIpc) is 2.12. The minimum Gasteiger partial charge on any atom is -0.481 e. The zero-order valence-corrected chi connectivity index (χ0v) is 8.56. The number of ether oxygens (including phenoxy) is 1. The van der Waals surface area contributed by atoms with Gasteiger partial charge >= 0.3 is 11.9 Å². The lowest BCUT2D eigenvalue weighted by atomic mass is 9.87. The van der Waals surface area contributed by atoms with Gasteiger partial charge in [0.2, 0.25) is 0 Å². The van der Waals surface area contributed by atoms with E-state index < -0.39 is 29.9 Å². The molecule has 2 N–H and O–H groups in total. The van der Waals surface area contributed by atoms with Gasteiger partial charge in [0, 0.05) is 7.11 Å². The van der Waals surface area contributed by atoms with Crippen LogP contribution in [0.4, 0.5) is 0 Å². The van der Waals surface area contributed by atoms with Crippen molar-refractivity contribution >= 4 is 11.9 Å². The summed E-state index contributed by atoms with van der Waals surface area (Å²) >= 11 is 0. The van der Waals surface area contributed by atoms with Gasteiger partial charge in [0.1, 0.15) is 0 Å². The molecular weight excluding hydrogens is 212 g/mol. The number of carbonyl (C=O) groups is 2. The minimum atomic E-state index is -1.13. The van der Waals surface area contributed by atoms with Crippen LogP contribution >= 0.6 is 0 Å². The Bertz CT molecular complexity index is 210. The standard InChI is InChI=1S/C9H16O5.2CH4/c1-4-6(14-3)7(9(12)13)5(2)8(10)11;;/h5-7H,4H2,1-3H3,(H,10,11)(H,12,13);2*1H4. The zero-order chi connectivity index (χ0) is 11.3. The van der Waals surface area contributed by atoms with Crippen LogP contribution in [0.15, 0.2) is 0 Å².